The van der Waals surface area contributed by atoms with E-state index in [4.69, 9.17) is 4.74 Å². The van der Waals surface area contributed by atoms with Crippen LogP contribution in [0.3, 0.4) is 0 Å². The number of carbonyl (C=O) groups excluding carboxylic acids is 1. The monoisotopic (exact) mass is 280 g/mol. The van der Waals surface area contributed by atoms with Crippen LogP contribution in [0.25, 0.3) is 0 Å². The molecule has 1 heterocycles. The maximum Gasteiger partial charge on any atom is 0.239 e. The molecule has 0 radical (unpaired) electrons. The largest absolute Gasteiger partial charge is 0.489 e. The second-order valence-corrected chi connectivity index (χ2v) is 5.04. The van der Waals surface area contributed by atoms with Gasteiger partial charge in [0.05, 0.1) is 12.6 Å². The molecule has 0 aromatic heterocycles. The zero-order valence-corrected chi connectivity index (χ0v) is 11.8. The van der Waals surface area contributed by atoms with Crippen LogP contribution in [0.15, 0.2) is 24.3 Å². The predicted octanol–water partition coefficient (Wildman–Crippen LogP) is 1.80. The van der Waals surface area contributed by atoms with Crippen molar-refractivity contribution in [3.63, 3.8) is 0 Å². The van der Waals surface area contributed by atoms with E-state index in [1.807, 2.05) is 0 Å². The van der Waals surface area contributed by atoms with Crippen molar-refractivity contribution in [2.24, 2.45) is 0 Å². The number of hydrogen-bond donors (Lipinski definition) is 1. The smallest absolute Gasteiger partial charge is 0.239 e. The lowest BCUT2D eigenvalue weighted by molar-refractivity contribution is -0.133. The van der Waals surface area contributed by atoms with Gasteiger partial charge in [-0.25, -0.2) is 4.39 Å². The molecule has 110 valence electrons. The minimum Gasteiger partial charge on any atom is -0.489 e. The van der Waals surface area contributed by atoms with Crippen LogP contribution in [-0.2, 0) is 4.79 Å². The fraction of sp³-hybridized carbons (Fsp3) is 0.533. The molecule has 1 aromatic carbocycles. The Bertz CT molecular complexity index is 447. The van der Waals surface area contributed by atoms with Gasteiger partial charge in [0.1, 0.15) is 6.61 Å². The number of ether oxygens (including phenoxy) is 1. The molecule has 0 spiro atoms. The van der Waals surface area contributed by atoms with Crippen LogP contribution in [0.2, 0.25) is 0 Å². The number of piperidine rings is 1. The molecule has 1 unspecified atom stereocenters. The summed E-state index contributed by atoms with van der Waals surface area (Å²) in [5.74, 6) is -0.0681. The molecule has 1 fully saturated rings. The molecule has 0 saturated carbocycles. The Labute approximate surface area is 118 Å². The number of benzene rings is 1. The first-order valence-electron chi connectivity index (χ1n) is 7.04. The van der Waals surface area contributed by atoms with Crippen molar-refractivity contribution in [2.45, 2.75) is 25.3 Å². The van der Waals surface area contributed by atoms with E-state index in [9.17, 15) is 9.18 Å². The Balaban J connectivity index is 1.75. The van der Waals surface area contributed by atoms with Gasteiger partial charge in [-0.1, -0.05) is 18.6 Å². The summed E-state index contributed by atoms with van der Waals surface area (Å²) in [4.78, 5) is 13.8. The number of hydrogen-bond acceptors (Lipinski definition) is 3. The Morgan fingerprint density at radius 2 is 2.25 bits per heavy atom. The van der Waals surface area contributed by atoms with Crippen LogP contribution in [-0.4, -0.2) is 43.6 Å². The molecule has 2 rings (SSSR count). The van der Waals surface area contributed by atoms with Crippen molar-refractivity contribution in [3.8, 4) is 5.75 Å². The number of likely N-dealkylation sites (N-methyl/N-ethyl adjacent to an activating group) is 1. The highest BCUT2D eigenvalue weighted by Crippen LogP contribution is 2.15. The van der Waals surface area contributed by atoms with Gasteiger partial charge in [-0.2, -0.15) is 0 Å². The maximum absolute atomic E-state index is 13.3. The first-order valence-corrected chi connectivity index (χ1v) is 7.04. The van der Waals surface area contributed by atoms with Gasteiger partial charge in [-0.05, 0) is 31.5 Å². The van der Waals surface area contributed by atoms with Gasteiger partial charge >= 0.3 is 0 Å². The minimum atomic E-state index is -0.379. The van der Waals surface area contributed by atoms with Gasteiger partial charge in [0, 0.05) is 7.05 Å². The first-order chi connectivity index (χ1) is 9.68. The van der Waals surface area contributed by atoms with E-state index < -0.39 is 0 Å². The third-order valence-electron chi connectivity index (χ3n) is 3.51. The molecular weight excluding hydrogens is 259 g/mol. The number of rotatable bonds is 5. The molecule has 1 saturated heterocycles. The van der Waals surface area contributed by atoms with Crippen molar-refractivity contribution in [2.75, 3.05) is 26.7 Å². The Kier molecular flexibility index (Phi) is 5.35. The summed E-state index contributed by atoms with van der Waals surface area (Å²) in [6.07, 6.45) is 3.10. The lowest BCUT2D eigenvalue weighted by Crippen LogP contribution is -2.48. The standard InChI is InChI=1S/C15H21FN2O2/c1-18(15(19)13-7-4-5-9-17-13)10-11-20-14-8-3-2-6-12(14)16/h2-3,6,8,13,17H,4-5,7,9-11H2,1H3. The van der Waals surface area contributed by atoms with Crippen molar-refractivity contribution in [1.82, 2.24) is 10.2 Å². The maximum atomic E-state index is 13.3. The number of para-hydroxylation sites is 1. The highest BCUT2D eigenvalue weighted by Gasteiger charge is 2.23. The zero-order chi connectivity index (χ0) is 14.4. The van der Waals surface area contributed by atoms with E-state index in [1.165, 1.54) is 6.07 Å². The number of nitrogens with zero attached hydrogens (tertiary/aromatic N) is 1. The second kappa shape index (κ2) is 7.24. The highest BCUT2D eigenvalue weighted by molar-refractivity contribution is 5.81. The number of amides is 1. The van der Waals surface area contributed by atoms with E-state index in [-0.39, 0.29) is 30.1 Å². The fourth-order valence-corrected chi connectivity index (χ4v) is 2.29. The topological polar surface area (TPSA) is 41.6 Å². The van der Waals surface area contributed by atoms with Crippen molar-refractivity contribution < 1.29 is 13.9 Å². The molecule has 1 amide bonds. The summed E-state index contributed by atoms with van der Waals surface area (Å²) >= 11 is 0. The molecule has 1 N–H and O–H groups in total. The Morgan fingerprint density at radius 1 is 1.45 bits per heavy atom. The van der Waals surface area contributed by atoms with Crippen LogP contribution >= 0.6 is 0 Å². The van der Waals surface area contributed by atoms with Gasteiger partial charge < -0.3 is 15.0 Å². The second-order valence-electron chi connectivity index (χ2n) is 5.04. The van der Waals surface area contributed by atoms with Gasteiger partial charge in [0.2, 0.25) is 5.91 Å². The van der Waals surface area contributed by atoms with Gasteiger partial charge in [-0.15, -0.1) is 0 Å². The van der Waals surface area contributed by atoms with Crippen LogP contribution in [0.5, 0.6) is 5.75 Å². The van der Waals surface area contributed by atoms with Gasteiger partial charge in [0.25, 0.3) is 0 Å². The lowest BCUT2D eigenvalue weighted by Gasteiger charge is -2.27. The molecule has 4 nitrogen and oxygen atoms in total. The quantitative estimate of drug-likeness (QED) is 0.894. The van der Waals surface area contributed by atoms with Crippen LogP contribution in [0.4, 0.5) is 4.39 Å². The Morgan fingerprint density at radius 3 is 2.95 bits per heavy atom. The van der Waals surface area contributed by atoms with Gasteiger partial charge in [0.15, 0.2) is 11.6 Å². The molecule has 0 bridgehead atoms. The van der Waals surface area contributed by atoms with E-state index >= 15 is 0 Å². The molecular formula is C15H21FN2O2. The zero-order valence-electron chi connectivity index (χ0n) is 11.8. The average molecular weight is 280 g/mol. The molecule has 0 aliphatic carbocycles. The van der Waals surface area contributed by atoms with Crippen molar-refractivity contribution in [1.29, 1.82) is 0 Å². The normalized spacial score (nSPS) is 18.6. The number of halogens is 1. The van der Waals surface area contributed by atoms with Crippen LogP contribution in [0, 0.1) is 5.82 Å². The average Bonchev–Trinajstić information content (AvgIpc) is 2.49. The summed E-state index contributed by atoms with van der Waals surface area (Å²) < 4.78 is 18.7. The lowest BCUT2D eigenvalue weighted by atomic mass is 10.0. The minimum absolute atomic E-state index is 0.0813. The van der Waals surface area contributed by atoms with Crippen LogP contribution < -0.4 is 10.1 Å². The van der Waals surface area contributed by atoms with Gasteiger partial charge in [-0.3, -0.25) is 4.79 Å². The van der Waals surface area contributed by atoms with Crippen molar-refractivity contribution in [3.05, 3.63) is 30.1 Å². The SMILES string of the molecule is CN(CCOc1ccccc1F)C(=O)C1CCCCN1. The van der Waals surface area contributed by atoms with E-state index in [1.54, 1.807) is 30.1 Å². The summed E-state index contributed by atoms with van der Waals surface area (Å²) in [5, 5.41) is 3.22. The van der Waals surface area contributed by atoms with Crippen LogP contribution in [0.1, 0.15) is 19.3 Å². The van der Waals surface area contributed by atoms with E-state index in [0.29, 0.717) is 6.54 Å². The highest BCUT2D eigenvalue weighted by atomic mass is 19.1. The van der Waals surface area contributed by atoms with E-state index in [0.717, 1.165) is 25.8 Å². The third kappa shape index (κ3) is 3.93. The summed E-state index contributed by atoms with van der Waals surface area (Å²) in [6.45, 7) is 1.64. The molecule has 1 aliphatic heterocycles. The summed E-state index contributed by atoms with van der Waals surface area (Å²) in [7, 11) is 1.75. The Hall–Kier alpha value is -1.62. The fourth-order valence-electron chi connectivity index (χ4n) is 2.29. The van der Waals surface area contributed by atoms with Crippen molar-refractivity contribution >= 4 is 5.91 Å². The van der Waals surface area contributed by atoms with E-state index in [2.05, 4.69) is 5.32 Å². The first kappa shape index (κ1) is 14.8. The predicted molar refractivity (Wildman–Crippen MR) is 75.2 cm³/mol. The molecule has 1 aliphatic rings. The third-order valence-corrected chi connectivity index (χ3v) is 3.51. The molecule has 20 heavy (non-hydrogen) atoms. The summed E-state index contributed by atoms with van der Waals surface area (Å²) in [6, 6.07) is 6.20. The number of carbonyl (C=O) groups is 1. The molecule has 5 heteroatoms. The number of nitrogens with one attached hydrogen (secondary N) is 1. The molecule has 1 atom stereocenters. The summed E-state index contributed by atoms with van der Waals surface area (Å²) in [5.41, 5.74) is 0. The molecule has 1 aromatic rings.